The lowest BCUT2D eigenvalue weighted by molar-refractivity contribution is 1.18. The Morgan fingerprint density at radius 3 is 1.39 bits per heavy atom. The number of aromatic nitrogens is 1. The van der Waals surface area contributed by atoms with Crippen molar-refractivity contribution in [1.82, 2.24) is 4.57 Å². The van der Waals surface area contributed by atoms with Crippen LogP contribution in [0.5, 0.6) is 0 Å². The van der Waals surface area contributed by atoms with Crippen LogP contribution < -0.4 is 4.90 Å². The molecule has 0 unspecified atom stereocenters. The fourth-order valence-electron chi connectivity index (χ4n) is 11.1. The summed E-state index contributed by atoms with van der Waals surface area (Å²) in [5.41, 5.74) is 23.0. The molecule has 13 rings (SSSR count). The SMILES string of the molecule is c1ccc(-c2ccc(-c3ccccc3N(c3cccc(-c4cccc5c4c4ccccc4n5-c4ccccc4)c3)c3ccccc3-c3cccc(-c4ccccc4)c3-c3ccccc3-c3ccccc3)cc2)cc1. The van der Waals surface area contributed by atoms with Crippen LogP contribution in [0.4, 0.5) is 17.1 Å². The third-order valence-electron chi connectivity index (χ3n) is 14.4. The second-order valence-electron chi connectivity index (χ2n) is 18.8. The number of rotatable bonds is 11. The van der Waals surface area contributed by atoms with Gasteiger partial charge >= 0.3 is 0 Å². The van der Waals surface area contributed by atoms with E-state index in [1.165, 1.54) is 71.9 Å². The highest BCUT2D eigenvalue weighted by molar-refractivity contribution is 6.16. The van der Waals surface area contributed by atoms with Crippen molar-refractivity contribution >= 4 is 38.9 Å². The van der Waals surface area contributed by atoms with Crippen molar-refractivity contribution in [3.05, 3.63) is 303 Å². The zero-order valence-electron chi connectivity index (χ0n) is 40.8. The Hall–Kier alpha value is -9.76. The first-order valence-electron chi connectivity index (χ1n) is 25.4. The summed E-state index contributed by atoms with van der Waals surface area (Å²) in [7, 11) is 0. The maximum Gasteiger partial charge on any atom is 0.0547 e. The summed E-state index contributed by atoms with van der Waals surface area (Å²) in [5, 5.41) is 2.45. The van der Waals surface area contributed by atoms with Crippen LogP contribution >= 0.6 is 0 Å². The Morgan fingerprint density at radius 1 is 0.243 bits per heavy atom. The number of nitrogens with zero attached hydrogens (tertiary/aromatic N) is 2. The van der Waals surface area contributed by atoms with Gasteiger partial charge in [0.2, 0.25) is 0 Å². The highest BCUT2D eigenvalue weighted by Crippen LogP contribution is 2.50. The molecule has 0 bridgehead atoms. The van der Waals surface area contributed by atoms with Gasteiger partial charge in [-0.15, -0.1) is 0 Å². The molecule has 0 amide bonds. The molecule has 13 aromatic rings. The Morgan fingerprint density at radius 2 is 0.676 bits per heavy atom. The fraction of sp³-hybridized carbons (Fsp3) is 0. The predicted octanol–water partition coefficient (Wildman–Crippen LogP) is 19.9. The molecule has 0 N–H and O–H groups in total. The molecule has 2 nitrogen and oxygen atoms in total. The molecule has 348 valence electrons. The molecule has 0 saturated carbocycles. The van der Waals surface area contributed by atoms with E-state index in [-0.39, 0.29) is 0 Å². The zero-order chi connectivity index (χ0) is 49.2. The van der Waals surface area contributed by atoms with Crippen LogP contribution in [0.2, 0.25) is 0 Å². The number of fused-ring (bicyclic) bond motifs is 3. The van der Waals surface area contributed by atoms with Gasteiger partial charge in [0.25, 0.3) is 0 Å². The normalized spacial score (nSPS) is 11.2. The molecule has 1 heterocycles. The maximum atomic E-state index is 2.49. The lowest BCUT2D eigenvalue weighted by Gasteiger charge is -2.31. The largest absolute Gasteiger partial charge is 0.309 e. The van der Waals surface area contributed by atoms with Crippen molar-refractivity contribution in [3.8, 4) is 83.6 Å². The first-order chi connectivity index (χ1) is 36.8. The van der Waals surface area contributed by atoms with Crippen LogP contribution in [-0.4, -0.2) is 4.57 Å². The molecule has 0 aliphatic heterocycles. The molecule has 1 aromatic heterocycles. The third kappa shape index (κ3) is 8.05. The van der Waals surface area contributed by atoms with Crippen molar-refractivity contribution in [2.45, 2.75) is 0 Å². The van der Waals surface area contributed by atoms with Crippen molar-refractivity contribution in [2.75, 3.05) is 4.90 Å². The van der Waals surface area contributed by atoms with Crippen molar-refractivity contribution in [1.29, 1.82) is 0 Å². The maximum absolute atomic E-state index is 2.49. The Labute approximate surface area is 433 Å². The Bertz CT molecular complexity index is 4100. The van der Waals surface area contributed by atoms with E-state index in [1.54, 1.807) is 0 Å². The van der Waals surface area contributed by atoms with Gasteiger partial charge in [0.15, 0.2) is 0 Å². The van der Waals surface area contributed by atoms with E-state index in [2.05, 4.69) is 313 Å². The van der Waals surface area contributed by atoms with Crippen LogP contribution in [0, 0.1) is 0 Å². The molecule has 0 atom stereocenters. The summed E-state index contributed by atoms with van der Waals surface area (Å²) in [6.45, 7) is 0. The second kappa shape index (κ2) is 19.4. The smallest absolute Gasteiger partial charge is 0.0547 e. The van der Waals surface area contributed by atoms with Gasteiger partial charge < -0.3 is 9.47 Å². The van der Waals surface area contributed by atoms with Gasteiger partial charge in [-0.05, 0) is 115 Å². The fourth-order valence-corrected chi connectivity index (χ4v) is 11.1. The lowest BCUT2D eigenvalue weighted by Crippen LogP contribution is -2.13. The summed E-state index contributed by atoms with van der Waals surface area (Å²) >= 11 is 0. The van der Waals surface area contributed by atoms with Gasteiger partial charge in [-0.3, -0.25) is 0 Å². The lowest BCUT2D eigenvalue weighted by atomic mass is 9.84. The van der Waals surface area contributed by atoms with Crippen molar-refractivity contribution in [3.63, 3.8) is 0 Å². The number of anilines is 3. The number of hydrogen-bond acceptors (Lipinski definition) is 1. The van der Waals surface area contributed by atoms with Gasteiger partial charge in [0.1, 0.15) is 0 Å². The number of benzene rings is 12. The van der Waals surface area contributed by atoms with Crippen molar-refractivity contribution < 1.29 is 0 Å². The molecule has 0 fully saturated rings. The number of hydrogen-bond donors (Lipinski definition) is 0. The van der Waals surface area contributed by atoms with Crippen LogP contribution in [0.25, 0.3) is 105 Å². The molecule has 12 aromatic carbocycles. The van der Waals surface area contributed by atoms with Crippen LogP contribution in [0.3, 0.4) is 0 Å². The summed E-state index contributed by atoms with van der Waals surface area (Å²) < 4.78 is 2.40. The van der Waals surface area contributed by atoms with E-state index in [0.717, 1.165) is 50.6 Å². The van der Waals surface area contributed by atoms with E-state index in [4.69, 9.17) is 0 Å². The average Bonchev–Trinajstić information content (AvgIpc) is 3.83. The van der Waals surface area contributed by atoms with E-state index in [9.17, 15) is 0 Å². The molecule has 0 saturated heterocycles. The average molecular weight is 943 g/mol. The van der Waals surface area contributed by atoms with E-state index < -0.39 is 0 Å². The molecule has 0 spiro atoms. The summed E-state index contributed by atoms with van der Waals surface area (Å²) in [6.07, 6.45) is 0. The molecule has 74 heavy (non-hydrogen) atoms. The highest BCUT2D eigenvalue weighted by Gasteiger charge is 2.25. The molecular weight excluding hydrogens is 893 g/mol. The van der Waals surface area contributed by atoms with Gasteiger partial charge in [-0.1, -0.05) is 255 Å². The minimum Gasteiger partial charge on any atom is -0.309 e. The minimum atomic E-state index is 1.05. The van der Waals surface area contributed by atoms with E-state index in [0.29, 0.717) is 0 Å². The summed E-state index contributed by atoms with van der Waals surface area (Å²) in [5.74, 6) is 0. The molecule has 0 aliphatic rings. The summed E-state index contributed by atoms with van der Waals surface area (Å²) in [6, 6.07) is 110. The molecule has 2 heteroatoms. The first kappa shape index (κ1) is 44.2. The first-order valence-corrected chi connectivity index (χ1v) is 25.4. The van der Waals surface area contributed by atoms with Gasteiger partial charge in [-0.2, -0.15) is 0 Å². The van der Waals surface area contributed by atoms with Crippen LogP contribution in [0.15, 0.2) is 303 Å². The van der Waals surface area contributed by atoms with Crippen LogP contribution in [0.1, 0.15) is 0 Å². The van der Waals surface area contributed by atoms with E-state index >= 15 is 0 Å². The van der Waals surface area contributed by atoms with Crippen molar-refractivity contribution in [2.24, 2.45) is 0 Å². The third-order valence-corrected chi connectivity index (χ3v) is 14.4. The zero-order valence-corrected chi connectivity index (χ0v) is 40.8. The molecule has 0 radical (unpaired) electrons. The van der Waals surface area contributed by atoms with Gasteiger partial charge in [0.05, 0.1) is 22.4 Å². The minimum absolute atomic E-state index is 1.05. The standard InChI is InChI=1S/C72H50N2/c1-5-24-51(25-6-1)52-46-48-55(49-47-52)60-35-15-18-42-67(60)74(58-33-21-30-56(50-58)62-40-23-45-70-72(62)66-38-17-20-44-69(66)73(70)57-31-11-4-12-32-57)68-43-19-16-36-63(68)65-41-22-39-61(54-28-9-3-10-29-54)71(65)64-37-14-13-34-59(64)53-26-7-2-8-27-53/h1-50H. The van der Waals surface area contributed by atoms with E-state index in [1.807, 2.05) is 0 Å². The topological polar surface area (TPSA) is 8.17 Å². The number of para-hydroxylation sites is 4. The molecule has 0 aliphatic carbocycles. The summed E-state index contributed by atoms with van der Waals surface area (Å²) in [4.78, 5) is 2.49. The van der Waals surface area contributed by atoms with Crippen LogP contribution in [-0.2, 0) is 0 Å². The quantitative estimate of drug-likeness (QED) is 0.125. The Balaban J connectivity index is 1.06. The van der Waals surface area contributed by atoms with Gasteiger partial charge in [0, 0.05) is 33.3 Å². The monoisotopic (exact) mass is 942 g/mol. The Kier molecular flexibility index (Phi) is 11.6. The highest BCUT2D eigenvalue weighted by atomic mass is 15.1. The predicted molar refractivity (Wildman–Crippen MR) is 314 cm³/mol. The second-order valence-corrected chi connectivity index (χ2v) is 18.8. The van der Waals surface area contributed by atoms with Gasteiger partial charge in [-0.25, -0.2) is 0 Å². The molecular formula is C72H50N2.